The van der Waals surface area contributed by atoms with Gasteiger partial charge in [-0.05, 0) is 51.1 Å². The van der Waals surface area contributed by atoms with Gasteiger partial charge in [-0.25, -0.2) is 4.79 Å². The highest BCUT2D eigenvalue weighted by Crippen LogP contribution is 2.20. The average Bonchev–Trinajstić information content (AvgIpc) is 2.56. The van der Waals surface area contributed by atoms with Gasteiger partial charge in [-0.3, -0.25) is 14.9 Å². The molecule has 136 valence electrons. The lowest BCUT2D eigenvalue weighted by Crippen LogP contribution is -2.34. The van der Waals surface area contributed by atoms with Crippen molar-refractivity contribution in [1.29, 1.82) is 0 Å². The Hall–Kier alpha value is -3.42. The Morgan fingerprint density at radius 2 is 1.58 bits per heavy atom. The first kappa shape index (κ1) is 18.9. The van der Waals surface area contributed by atoms with Gasteiger partial charge in [0.15, 0.2) is 0 Å². The quantitative estimate of drug-likeness (QED) is 0.560. The van der Waals surface area contributed by atoms with Crippen LogP contribution in [0, 0.1) is 17.0 Å². The van der Waals surface area contributed by atoms with Crippen molar-refractivity contribution in [3.8, 4) is 0 Å². The SMILES string of the molecule is Cc1ccc(C(=O)Nc2ccc(NC(=O)NC(C)C)cc2)cc1[N+](=O)[O-]. The maximum absolute atomic E-state index is 12.3. The molecule has 26 heavy (non-hydrogen) atoms. The van der Waals surface area contributed by atoms with Crippen molar-refractivity contribution in [2.75, 3.05) is 10.6 Å². The van der Waals surface area contributed by atoms with E-state index in [1.807, 2.05) is 13.8 Å². The fourth-order valence-corrected chi connectivity index (χ4v) is 2.22. The van der Waals surface area contributed by atoms with Crippen molar-refractivity contribution in [1.82, 2.24) is 5.32 Å². The highest BCUT2D eigenvalue weighted by molar-refractivity contribution is 6.04. The van der Waals surface area contributed by atoms with Crippen molar-refractivity contribution in [3.05, 3.63) is 63.7 Å². The molecular weight excluding hydrogens is 336 g/mol. The predicted octanol–water partition coefficient (Wildman–Crippen LogP) is 3.69. The maximum atomic E-state index is 12.3. The molecule has 0 fully saturated rings. The molecule has 0 aliphatic rings. The van der Waals surface area contributed by atoms with E-state index in [1.54, 1.807) is 31.2 Å². The number of hydrogen-bond donors (Lipinski definition) is 3. The molecule has 0 aliphatic carbocycles. The maximum Gasteiger partial charge on any atom is 0.319 e. The third kappa shape index (κ3) is 5.04. The van der Waals surface area contributed by atoms with Gasteiger partial charge in [-0.15, -0.1) is 0 Å². The summed E-state index contributed by atoms with van der Waals surface area (Å²) in [6.45, 7) is 5.32. The molecule has 0 spiro atoms. The zero-order chi connectivity index (χ0) is 19.3. The first-order chi connectivity index (χ1) is 12.3. The minimum absolute atomic E-state index is 0.0205. The molecule has 0 aliphatic heterocycles. The van der Waals surface area contributed by atoms with Gasteiger partial charge in [0.1, 0.15) is 0 Å². The van der Waals surface area contributed by atoms with Crippen LogP contribution in [-0.2, 0) is 0 Å². The summed E-state index contributed by atoms with van der Waals surface area (Å²) >= 11 is 0. The molecule has 8 heteroatoms. The van der Waals surface area contributed by atoms with Gasteiger partial charge in [-0.1, -0.05) is 6.07 Å². The lowest BCUT2D eigenvalue weighted by atomic mass is 10.1. The second-order valence-corrected chi connectivity index (χ2v) is 6.04. The molecule has 0 saturated carbocycles. The zero-order valence-corrected chi connectivity index (χ0v) is 14.7. The van der Waals surface area contributed by atoms with Crippen LogP contribution in [0.25, 0.3) is 0 Å². The normalized spacial score (nSPS) is 10.3. The first-order valence-electron chi connectivity index (χ1n) is 8.00. The number of carbonyl (C=O) groups excluding carboxylic acids is 2. The minimum Gasteiger partial charge on any atom is -0.336 e. The monoisotopic (exact) mass is 356 g/mol. The number of hydrogen-bond acceptors (Lipinski definition) is 4. The van der Waals surface area contributed by atoms with E-state index in [-0.39, 0.29) is 23.3 Å². The summed E-state index contributed by atoms with van der Waals surface area (Å²) in [5.74, 6) is -0.452. The number of rotatable bonds is 5. The topological polar surface area (TPSA) is 113 Å². The Labute approximate surface area is 150 Å². The molecule has 0 bridgehead atoms. The van der Waals surface area contributed by atoms with Crippen LogP contribution >= 0.6 is 0 Å². The molecule has 0 radical (unpaired) electrons. The third-order valence-electron chi connectivity index (χ3n) is 3.49. The van der Waals surface area contributed by atoms with E-state index in [0.29, 0.717) is 16.9 Å². The summed E-state index contributed by atoms with van der Waals surface area (Å²) in [6.07, 6.45) is 0. The standard InChI is InChI=1S/C18H20N4O4/c1-11(2)19-18(24)21-15-8-6-14(7-9-15)20-17(23)13-5-4-12(3)16(10-13)22(25)26/h4-11H,1-3H3,(H,20,23)(H2,19,21,24). The Morgan fingerprint density at radius 1 is 1.00 bits per heavy atom. The fourth-order valence-electron chi connectivity index (χ4n) is 2.22. The second-order valence-electron chi connectivity index (χ2n) is 6.04. The molecule has 0 aromatic heterocycles. The fraction of sp³-hybridized carbons (Fsp3) is 0.222. The number of nitrogens with one attached hydrogen (secondary N) is 3. The Morgan fingerprint density at radius 3 is 2.12 bits per heavy atom. The van der Waals surface area contributed by atoms with Crippen molar-refractivity contribution < 1.29 is 14.5 Å². The van der Waals surface area contributed by atoms with E-state index in [1.165, 1.54) is 18.2 Å². The Balaban J connectivity index is 2.05. The molecule has 3 amide bonds. The largest absolute Gasteiger partial charge is 0.336 e. The van der Waals surface area contributed by atoms with Crippen molar-refractivity contribution in [2.24, 2.45) is 0 Å². The van der Waals surface area contributed by atoms with Gasteiger partial charge < -0.3 is 16.0 Å². The van der Waals surface area contributed by atoms with E-state index in [2.05, 4.69) is 16.0 Å². The van der Waals surface area contributed by atoms with E-state index < -0.39 is 10.8 Å². The highest BCUT2D eigenvalue weighted by Gasteiger charge is 2.15. The van der Waals surface area contributed by atoms with E-state index in [0.717, 1.165) is 0 Å². The number of aryl methyl sites for hydroxylation is 1. The summed E-state index contributed by atoms with van der Waals surface area (Å²) < 4.78 is 0. The number of amides is 3. The average molecular weight is 356 g/mol. The molecular formula is C18H20N4O4. The number of nitro groups is 1. The lowest BCUT2D eigenvalue weighted by Gasteiger charge is -2.11. The molecule has 2 aromatic rings. The highest BCUT2D eigenvalue weighted by atomic mass is 16.6. The van der Waals surface area contributed by atoms with Crippen molar-refractivity contribution in [3.63, 3.8) is 0 Å². The molecule has 8 nitrogen and oxygen atoms in total. The molecule has 0 atom stereocenters. The van der Waals surface area contributed by atoms with Crippen LogP contribution in [0.2, 0.25) is 0 Å². The number of anilines is 2. The van der Waals surface area contributed by atoms with Crippen LogP contribution in [0.4, 0.5) is 21.9 Å². The number of carbonyl (C=O) groups is 2. The van der Waals surface area contributed by atoms with E-state index >= 15 is 0 Å². The van der Waals surface area contributed by atoms with E-state index in [9.17, 15) is 19.7 Å². The van der Waals surface area contributed by atoms with Crippen LogP contribution in [0.3, 0.4) is 0 Å². The number of benzene rings is 2. The third-order valence-corrected chi connectivity index (χ3v) is 3.49. The van der Waals surface area contributed by atoms with Crippen LogP contribution in [0.1, 0.15) is 29.8 Å². The van der Waals surface area contributed by atoms with Crippen molar-refractivity contribution >= 4 is 29.0 Å². The summed E-state index contributed by atoms with van der Waals surface area (Å²) in [4.78, 5) is 34.4. The first-order valence-corrected chi connectivity index (χ1v) is 8.00. The molecule has 2 rings (SSSR count). The molecule has 0 saturated heterocycles. The predicted molar refractivity (Wildman–Crippen MR) is 99.5 cm³/mol. The van der Waals surface area contributed by atoms with Gasteiger partial charge in [0, 0.05) is 34.6 Å². The lowest BCUT2D eigenvalue weighted by molar-refractivity contribution is -0.385. The van der Waals surface area contributed by atoms with Crippen molar-refractivity contribution in [2.45, 2.75) is 26.8 Å². The van der Waals surface area contributed by atoms with Gasteiger partial charge >= 0.3 is 6.03 Å². The summed E-state index contributed by atoms with van der Waals surface area (Å²) in [5.41, 5.74) is 1.66. The molecule has 3 N–H and O–H groups in total. The van der Waals surface area contributed by atoms with Gasteiger partial charge in [0.25, 0.3) is 11.6 Å². The molecule has 0 heterocycles. The Bertz CT molecular complexity index is 832. The summed E-state index contributed by atoms with van der Waals surface area (Å²) in [6, 6.07) is 10.6. The Kier molecular flexibility index (Phi) is 5.90. The summed E-state index contributed by atoms with van der Waals surface area (Å²) in [5, 5.41) is 19.0. The van der Waals surface area contributed by atoms with Crippen LogP contribution in [-0.4, -0.2) is 22.9 Å². The van der Waals surface area contributed by atoms with Gasteiger partial charge in [0.05, 0.1) is 4.92 Å². The van der Waals surface area contributed by atoms with Crippen LogP contribution in [0.5, 0.6) is 0 Å². The summed E-state index contributed by atoms with van der Waals surface area (Å²) in [7, 11) is 0. The van der Waals surface area contributed by atoms with Gasteiger partial charge in [-0.2, -0.15) is 0 Å². The number of nitrogens with zero attached hydrogens (tertiary/aromatic N) is 1. The molecule has 0 unspecified atom stereocenters. The van der Waals surface area contributed by atoms with Crippen LogP contribution in [0.15, 0.2) is 42.5 Å². The number of nitro benzene ring substituents is 1. The van der Waals surface area contributed by atoms with Crippen LogP contribution < -0.4 is 16.0 Å². The molecule has 2 aromatic carbocycles. The number of urea groups is 1. The zero-order valence-electron chi connectivity index (χ0n) is 14.7. The van der Waals surface area contributed by atoms with E-state index in [4.69, 9.17) is 0 Å². The van der Waals surface area contributed by atoms with Gasteiger partial charge in [0.2, 0.25) is 0 Å². The minimum atomic E-state index is -0.519. The second kappa shape index (κ2) is 8.11. The smallest absolute Gasteiger partial charge is 0.319 e.